The van der Waals surface area contributed by atoms with E-state index < -0.39 is 32.5 Å². The number of furan rings is 1. The van der Waals surface area contributed by atoms with Gasteiger partial charge < -0.3 is 4.42 Å². The zero-order valence-electron chi connectivity index (χ0n) is 21.3. The maximum absolute atomic E-state index is 13.3. The van der Waals surface area contributed by atoms with Gasteiger partial charge in [0, 0.05) is 15.5 Å². The van der Waals surface area contributed by atoms with Crippen molar-refractivity contribution in [2.24, 2.45) is 5.10 Å². The fourth-order valence-corrected chi connectivity index (χ4v) is 6.46. The number of halogens is 2. The van der Waals surface area contributed by atoms with Crippen LogP contribution in [0, 0.1) is 0 Å². The summed E-state index contributed by atoms with van der Waals surface area (Å²) >= 11 is 6.56. The van der Waals surface area contributed by atoms with Gasteiger partial charge in [0.25, 0.3) is 5.91 Å². The molecule has 2 N–H and O–H groups in total. The van der Waals surface area contributed by atoms with E-state index >= 15 is 0 Å². The maximum atomic E-state index is 13.3. The average Bonchev–Trinajstić information content (AvgIpc) is 3.40. The molecule has 1 amide bonds. The van der Waals surface area contributed by atoms with Crippen LogP contribution in [0.1, 0.15) is 17.1 Å². The first kappa shape index (κ1) is 30.8. The van der Waals surface area contributed by atoms with Crippen LogP contribution in [-0.2, 0) is 37.9 Å². The van der Waals surface area contributed by atoms with Crippen molar-refractivity contribution < 1.29 is 26.0 Å². The van der Waals surface area contributed by atoms with Crippen LogP contribution in [0.4, 0.5) is 0 Å². The lowest BCUT2D eigenvalue weighted by Crippen LogP contribution is -2.39. The Kier molecular flexibility index (Phi) is 10.3. The van der Waals surface area contributed by atoms with Gasteiger partial charge in [0.05, 0.1) is 29.1 Å². The highest BCUT2D eigenvalue weighted by molar-refractivity contribution is 9.10. The van der Waals surface area contributed by atoms with Crippen LogP contribution < -0.4 is 10.1 Å². The lowest BCUT2D eigenvalue weighted by Gasteiger charge is -2.21. The molecule has 0 aliphatic rings. The number of hydrazone groups is 1. The molecule has 1 heterocycles. The average molecular weight is 724 g/mol. The van der Waals surface area contributed by atoms with E-state index in [1.54, 1.807) is 60.7 Å². The lowest BCUT2D eigenvalue weighted by molar-refractivity contribution is -0.121. The normalized spacial score (nSPS) is 12.2. The van der Waals surface area contributed by atoms with Crippen molar-refractivity contribution in [3.63, 3.8) is 0 Å². The molecule has 0 aliphatic carbocycles. The molecule has 0 fully saturated rings. The topological polar surface area (TPSA) is 138 Å². The van der Waals surface area contributed by atoms with Gasteiger partial charge in [0.2, 0.25) is 20.0 Å². The highest BCUT2D eigenvalue weighted by atomic mass is 79.9. The second-order valence-electron chi connectivity index (χ2n) is 8.59. The third-order valence-electron chi connectivity index (χ3n) is 5.60. The molecule has 14 heteroatoms. The van der Waals surface area contributed by atoms with Crippen LogP contribution in [0.5, 0.6) is 0 Å². The largest absolute Gasteiger partial charge is 0.459 e. The molecule has 4 rings (SSSR count). The van der Waals surface area contributed by atoms with Crippen LogP contribution in [-0.4, -0.2) is 39.8 Å². The molecule has 10 nitrogen and oxygen atoms in total. The number of amides is 1. The fraction of sp³-hybridized carbons (Fsp3) is 0.111. The Hall–Kier alpha value is -3.14. The molecule has 0 atom stereocenters. The summed E-state index contributed by atoms with van der Waals surface area (Å²) < 4.78 is 62.2. The van der Waals surface area contributed by atoms with Gasteiger partial charge in [-0.15, -0.1) is 0 Å². The van der Waals surface area contributed by atoms with E-state index in [0.29, 0.717) is 11.3 Å². The van der Waals surface area contributed by atoms with Crippen molar-refractivity contribution in [3.8, 4) is 0 Å². The number of hydrogen-bond donors (Lipinski definition) is 2. The first-order valence-corrected chi connectivity index (χ1v) is 16.5. The smallest absolute Gasteiger partial charge is 0.255 e. The number of carbonyl (C=O) groups excluding carboxylic acids is 1. The minimum absolute atomic E-state index is 0.0198. The van der Waals surface area contributed by atoms with E-state index in [2.05, 4.69) is 47.1 Å². The number of sulfonamides is 2. The van der Waals surface area contributed by atoms with Crippen LogP contribution >= 0.6 is 31.9 Å². The molecule has 214 valence electrons. The first-order valence-electron chi connectivity index (χ1n) is 12.0. The Morgan fingerprint density at radius 1 is 0.829 bits per heavy atom. The molecule has 1 aromatic heterocycles. The van der Waals surface area contributed by atoms with Crippen molar-refractivity contribution in [2.75, 3.05) is 6.54 Å². The molecule has 0 spiro atoms. The Bertz CT molecular complexity index is 1730. The predicted octanol–water partition coefficient (Wildman–Crippen LogP) is 4.62. The molecule has 3 aromatic carbocycles. The van der Waals surface area contributed by atoms with E-state index in [4.69, 9.17) is 4.42 Å². The summed E-state index contributed by atoms with van der Waals surface area (Å²) in [4.78, 5) is 12.9. The Morgan fingerprint density at radius 2 is 1.44 bits per heavy atom. The quantitative estimate of drug-likeness (QED) is 0.162. The highest BCUT2D eigenvalue weighted by Crippen LogP contribution is 2.21. The van der Waals surface area contributed by atoms with Gasteiger partial charge in [0.15, 0.2) is 0 Å². The molecule has 0 unspecified atom stereocenters. The number of nitrogens with zero attached hydrogens (tertiary/aromatic N) is 2. The molecular weight excluding hydrogens is 700 g/mol. The second kappa shape index (κ2) is 13.7. The zero-order chi connectivity index (χ0) is 29.5. The van der Waals surface area contributed by atoms with E-state index in [1.807, 2.05) is 6.07 Å². The summed E-state index contributed by atoms with van der Waals surface area (Å²) in [5, 5.41) is 3.86. The van der Waals surface area contributed by atoms with Crippen molar-refractivity contribution in [2.45, 2.75) is 22.9 Å². The SMILES string of the molecule is O=C(CN(Cc1ccccc1)S(=O)(=O)c1ccc(Br)cc1)N/N=C\c1ccc(CNS(=O)(=O)c2ccc(Br)cc2)o1. The van der Waals surface area contributed by atoms with Crippen LogP contribution in [0.3, 0.4) is 0 Å². The molecule has 0 saturated heterocycles. The van der Waals surface area contributed by atoms with Gasteiger partial charge in [-0.1, -0.05) is 62.2 Å². The summed E-state index contributed by atoms with van der Waals surface area (Å²) in [6.07, 6.45) is 1.23. The third-order valence-corrected chi connectivity index (χ3v) is 9.88. The zero-order valence-corrected chi connectivity index (χ0v) is 26.1. The van der Waals surface area contributed by atoms with E-state index in [-0.39, 0.29) is 28.6 Å². The van der Waals surface area contributed by atoms with Crippen LogP contribution in [0.2, 0.25) is 0 Å². The van der Waals surface area contributed by atoms with Gasteiger partial charge >= 0.3 is 0 Å². The predicted molar refractivity (Wildman–Crippen MR) is 161 cm³/mol. The summed E-state index contributed by atoms with van der Waals surface area (Å²) in [6, 6.07) is 24.4. The number of hydrogen-bond acceptors (Lipinski definition) is 7. The van der Waals surface area contributed by atoms with E-state index in [1.165, 1.54) is 30.5 Å². The molecular formula is C27H24Br2N4O6S2. The molecule has 0 saturated carbocycles. The van der Waals surface area contributed by atoms with E-state index in [0.717, 1.165) is 13.3 Å². The van der Waals surface area contributed by atoms with Crippen LogP contribution in [0.25, 0.3) is 0 Å². The van der Waals surface area contributed by atoms with Crippen LogP contribution in [0.15, 0.2) is 119 Å². The maximum Gasteiger partial charge on any atom is 0.255 e. The Balaban J connectivity index is 1.37. The Labute approximate surface area is 254 Å². The van der Waals surface area contributed by atoms with Gasteiger partial charge in [-0.3, -0.25) is 4.79 Å². The van der Waals surface area contributed by atoms with Crippen molar-refractivity contribution >= 4 is 64.0 Å². The molecule has 0 aliphatic heterocycles. The molecule has 0 radical (unpaired) electrons. The second-order valence-corrected chi connectivity index (χ2v) is 14.1. The minimum atomic E-state index is -4.00. The fourth-order valence-electron chi connectivity index (χ4n) is 3.55. The summed E-state index contributed by atoms with van der Waals surface area (Å²) in [5.74, 6) is -0.0771. The number of rotatable bonds is 12. The van der Waals surface area contributed by atoms with Gasteiger partial charge in [-0.05, 0) is 66.2 Å². The van der Waals surface area contributed by atoms with Crippen molar-refractivity contribution in [3.05, 3.63) is 117 Å². The standard InChI is InChI=1S/C27H24Br2N4O6S2/c28-21-6-12-25(13-7-21)40(35,36)31-17-24-11-10-23(39-24)16-30-32-27(34)19-33(18-20-4-2-1-3-5-20)41(37,38)26-14-8-22(29)9-15-26/h1-16,31H,17-19H2,(H,32,34)/b30-16-. The summed E-state index contributed by atoms with van der Waals surface area (Å²) in [5.41, 5.74) is 3.02. The van der Waals surface area contributed by atoms with Gasteiger partial charge in [-0.2, -0.15) is 9.41 Å². The minimum Gasteiger partial charge on any atom is -0.459 e. The highest BCUT2D eigenvalue weighted by Gasteiger charge is 2.27. The van der Waals surface area contributed by atoms with Gasteiger partial charge in [-0.25, -0.2) is 27.0 Å². The summed E-state index contributed by atoms with van der Waals surface area (Å²) in [7, 11) is -7.74. The lowest BCUT2D eigenvalue weighted by atomic mass is 10.2. The molecule has 41 heavy (non-hydrogen) atoms. The molecule has 4 aromatic rings. The molecule has 0 bridgehead atoms. The third kappa shape index (κ3) is 8.67. The van der Waals surface area contributed by atoms with Crippen molar-refractivity contribution in [1.82, 2.24) is 14.5 Å². The van der Waals surface area contributed by atoms with Gasteiger partial charge in [0.1, 0.15) is 11.5 Å². The first-order chi connectivity index (χ1) is 19.5. The number of nitrogens with one attached hydrogen (secondary N) is 2. The monoisotopic (exact) mass is 722 g/mol. The van der Waals surface area contributed by atoms with E-state index in [9.17, 15) is 21.6 Å². The number of benzene rings is 3. The number of carbonyl (C=O) groups is 1. The van der Waals surface area contributed by atoms with Crippen molar-refractivity contribution in [1.29, 1.82) is 0 Å². The summed E-state index contributed by atoms with van der Waals surface area (Å²) in [6.45, 7) is -0.596. The Morgan fingerprint density at radius 3 is 2.07 bits per heavy atom.